The molecule has 1 aliphatic rings. The second-order valence-electron chi connectivity index (χ2n) is 9.32. The molecule has 0 aliphatic carbocycles. The van der Waals surface area contributed by atoms with Gasteiger partial charge in [-0.25, -0.2) is 0 Å². The van der Waals surface area contributed by atoms with Crippen molar-refractivity contribution in [2.24, 2.45) is 0 Å². The number of quaternary nitrogens is 1. The number of alkyl halides is 6. The van der Waals surface area contributed by atoms with Gasteiger partial charge in [-0.1, -0.05) is 84.0 Å². The molecule has 1 aliphatic heterocycles. The lowest BCUT2D eigenvalue weighted by molar-refractivity contribution is -0.870. The van der Waals surface area contributed by atoms with Crippen LogP contribution in [0.2, 0.25) is 0 Å². The van der Waals surface area contributed by atoms with E-state index in [2.05, 4.69) is 32.8 Å². The third kappa shape index (κ3) is 15.4. The van der Waals surface area contributed by atoms with Gasteiger partial charge in [0.1, 0.15) is 0 Å². The van der Waals surface area contributed by atoms with Gasteiger partial charge in [0.25, 0.3) is 0 Å². The zero-order chi connectivity index (χ0) is 23.3. The van der Waals surface area contributed by atoms with Crippen LogP contribution in [-0.4, -0.2) is 50.3 Å². The average Bonchev–Trinajstić information content (AvgIpc) is 3.14. The summed E-state index contributed by atoms with van der Waals surface area (Å²) in [7, 11) is 6.88. The number of hydrogen-bond donors (Lipinski definition) is 0. The minimum atomic E-state index is -5.66. The maximum Gasteiger partial charge on any atom is 0.458 e. The summed E-state index contributed by atoms with van der Waals surface area (Å²) in [4.78, 5) is 0. The number of unbranched alkanes of at least 4 members (excludes halogenated alkanes) is 13. The maximum absolute atomic E-state index is 11.7. The van der Waals surface area contributed by atoms with Gasteiger partial charge in [-0.05, 0) is 12.8 Å². The van der Waals surface area contributed by atoms with Crippen LogP contribution < -0.4 is 17.0 Å². The van der Waals surface area contributed by atoms with Gasteiger partial charge in [-0.15, -0.1) is 0 Å². The first-order valence-electron chi connectivity index (χ1n) is 11.4. The van der Waals surface area contributed by atoms with Crippen LogP contribution in [0.5, 0.6) is 0 Å². The Hall–Kier alpha value is -0.0200. The molecule has 0 aromatic rings. The average molecular weight is 530 g/mol. The van der Waals surface area contributed by atoms with Gasteiger partial charge in [-0.2, -0.15) is 26.3 Å². The molecule has 9 heteroatoms. The summed E-state index contributed by atoms with van der Waals surface area (Å²) in [6, 6.07) is 0. The summed E-state index contributed by atoms with van der Waals surface area (Å²) < 4.78 is 71.5. The van der Waals surface area contributed by atoms with Crippen LogP contribution >= 0.6 is 0 Å². The van der Waals surface area contributed by atoms with Crippen molar-refractivity contribution in [2.75, 3.05) is 27.7 Å². The number of ether oxygens (including phenoxy) is 1. The molecule has 0 bridgehead atoms. The number of nitrogens with zero attached hydrogens (tertiary/aromatic N) is 1. The van der Waals surface area contributed by atoms with E-state index in [0.717, 1.165) is 4.48 Å². The first kappa shape index (κ1) is 33.2. The number of halogens is 7. The van der Waals surface area contributed by atoms with Crippen molar-refractivity contribution < 1.29 is 52.5 Å². The van der Waals surface area contributed by atoms with Crippen LogP contribution in [0.15, 0.2) is 0 Å². The van der Waals surface area contributed by atoms with Crippen LogP contribution in [0.25, 0.3) is 0 Å². The van der Waals surface area contributed by atoms with E-state index in [4.69, 9.17) is 0 Å². The lowest BCUT2D eigenvalue weighted by Crippen LogP contribution is -3.00. The van der Waals surface area contributed by atoms with E-state index >= 15 is 0 Å². The molecule has 2 nitrogen and oxygen atoms in total. The van der Waals surface area contributed by atoms with Gasteiger partial charge in [0, 0.05) is 0 Å². The predicted octanol–water partition coefficient (Wildman–Crippen LogP) is 5.02. The number of hydrogen-bond acceptors (Lipinski definition) is 1. The van der Waals surface area contributed by atoms with E-state index in [1.807, 2.05) is 0 Å². The molecule has 0 aromatic carbocycles. The lowest BCUT2D eigenvalue weighted by atomic mass is 10.0. The van der Waals surface area contributed by atoms with E-state index in [9.17, 15) is 26.3 Å². The van der Waals surface area contributed by atoms with Crippen molar-refractivity contribution >= 4 is 0 Å². The van der Waals surface area contributed by atoms with Gasteiger partial charge in [-0.3, -0.25) is 4.74 Å². The first-order chi connectivity index (χ1) is 13.8. The highest BCUT2D eigenvalue weighted by atomic mass is 79.9. The number of rotatable bonds is 15. The van der Waals surface area contributed by atoms with E-state index in [1.54, 1.807) is 0 Å². The molecule has 1 saturated heterocycles. The fourth-order valence-electron chi connectivity index (χ4n) is 3.15. The van der Waals surface area contributed by atoms with Gasteiger partial charge < -0.3 is 21.5 Å². The molecule has 0 aromatic heterocycles. The summed E-state index contributed by atoms with van der Waals surface area (Å²) in [6.45, 7) is 3.63. The standard InChI is InChI=1S/C19H42N.C3F6O.BrH/c1-5-6-7-8-9-10-11-12-13-14-15-16-17-18-19-20(2,3)4;4-1(2(5,6)7)3(8,9)10-1;/h5-19H2,1-4H3;;1H/q+1;;/p-1. The largest absolute Gasteiger partial charge is 1.00 e. The second-order valence-corrected chi connectivity index (χ2v) is 9.32. The minimum absolute atomic E-state index is 0. The van der Waals surface area contributed by atoms with Crippen molar-refractivity contribution in [3.63, 3.8) is 0 Å². The molecule has 0 radical (unpaired) electrons. The Balaban J connectivity index is 0. The van der Waals surface area contributed by atoms with Crippen molar-refractivity contribution in [1.82, 2.24) is 0 Å². The molecule has 1 heterocycles. The van der Waals surface area contributed by atoms with Crippen LogP contribution in [0, 0.1) is 0 Å². The SMILES string of the molecule is CCCCCCCCCCCCCCCC[N+](C)(C)C.FC(F)(F)C1(F)OC1(F)F.[Br-]. The fraction of sp³-hybridized carbons (Fsp3) is 1.00. The van der Waals surface area contributed by atoms with Gasteiger partial charge in [0.2, 0.25) is 0 Å². The molecule has 0 amide bonds. The van der Waals surface area contributed by atoms with Gasteiger partial charge >= 0.3 is 18.1 Å². The highest BCUT2D eigenvalue weighted by Crippen LogP contribution is 2.60. The Morgan fingerprint density at radius 1 is 0.645 bits per heavy atom. The molecule has 1 rings (SSSR count). The van der Waals surface area contributed by atoms with E-state index < -0.39 is 18.1 Å². The molecule has 31 heavy (non-hydrogen) atoms. The molecule has 1 fully saturated rings. The van der Waals surface area contributed by atoms with E-state index in [0.29, 0.717) is 0 Å². The predicted molar refractivity (Wildman–Crippen MR) is 109 cm³/mol. The molecule has 0 saturated carbocycles. The maximum atomic E-state index is 11.7. The third-order valence-electron chi connectivity index (χ3n) is 5.15. The first-order valence-corrected chi connectivity index (χ1v) is 11.4. The van der Waals surface area contributed by atoms with Gasteiger partial charge in [0.15, 0.2) is 0 Å². The number of epoxide rings is 1. The summed E-state index contributed by atoms with van der Waals surface area (Å²) in [5, 5.41) is 0. The molecular weight excluding hydrogens is 488 g/mol. The quantitative estimate of drug-likeness (QED) is 0.126. The smallest absolute Gasteiger partial charge is 0.458 e. The Morgan fingerprint density at radius 3 is 1.13 bits per heavy atom. The summed E-state index contributed by atoms with van der Waals surface area (Å²) in [6.07, 6.45) is 10.0. The van der Waals surface area contributed by atoms with Crippen LogP contribution in [0.1, 0.15) is 96.8 Å². The topological polar surface area (TPSA) is 12.5 Å². The third-order valence-corrected chi connectivity index (χ3v) is 5.15. The molecule has 190 valence electrons. The summed E-state index contributed by atoms with van der Waals surface area (Å²) in [5.41, 5.74) is 0. The Labute approximate surface area is 195 Å². The summed E-state index contributed by atoms with van der Waals surface area (Å²) >= 11 is 0. The van der Waals surface area contributed by atoms with E-state index in [-0.39, 0.29) is 17.0 Å². The van der Waals surface area contributed by atoms with Crippen molar-refractivity contribution in [1.29, 1.82) is 0 Å². The molecule has 1 unspecified atom stereocenters. The molecular formula is C22H42BrF6NO. The summed E-state index contributed by atoms with van der Waals surface area (Å²) in [5.74, 6) is -4.75. The van der Waals surface area contributed by atoms with Crippen LogP contribution in [0.4, 0.5) is 26.3 Å². The minimum Gasteiger partial charge on any atom is -1.00 e. The molecule has 0 spiro atoms. The van der Waals surface area contributed by atoms with Crippen molar-refractivity contribution in [3.8, 4) is 0 Å². The molecule has 1 atom stereocenters. The zero-order valence-corrected chi connectivity index (χ0v) is 21.2. The van der Waals surface area contributed by atoms with Gasteiger partial charge in [0.05, 0.1) is 27.7 Å². The van der Waals surface area contributed by atoms with Crippen molar-refractivity contribution in [2.45, 2.75) is 115 Å². The highest BCUT2D eigenvalue weighted by molar-refractivity contribution is 4.99. The monoisotopic (exact) mass is 529 g/mol. The Bertz CT molecular complexity index is 443. The molecule has 0 N–H and O–H groups in total. The highest BCUT2D eigenvalue weighted by Gasteiger charge is 2.90. The fourth-order valence-corrected chi connectivity index (χ4v) is 3.15. The Kier molecular flexibility index (Phi) is 16.8. The lowest BCUT2D eigenvalue weighted by Gasteiger charge is -2.23. The normalized spacial score (nSPS) is 19.9. The Morgan fingerprint density at radius 2 is 0.935 bits per heavy atom. The second kappa shape index (κ2) is 15.8. The van der Waals surface area contributed by atoms with Crippen LogP contribution in [-0.2, 0) is 4.74 Å². The van der Waals surface area contributed by atoms with E-state index in [1.165, 1.54) is 96.4 Å². The van der Waals surface area contributed by atoms with Crippen molar-refractivity contribution in [3.05, 3.63) is 0 Å². The zero-order valence-electron chi connectivity index (χ0n) is 19.6. The van der Waals surface area contributed by atoms with Crippen LogP contribution in [0.3, 0.4) is 0 Å².